The normalized spacial score (nSPS) is 13.6. The molecule has 4 aromatic rings. The Morgan fingerprint density at radius 3 is 2.34 bits per heavy atom. The quantitative estimate of drug-likeness (QED) is 0.474. The van der Waals surface area contributed by atoms with Crippen LogP contribution >= 0.6 is 0 Å². The fourth-order valence-corrected chi connectivity index (χ4v) is 3.54. The second-order valence-electron chi connectivity index (χ2n) is 7.29. The van der Waals surface area contributed by atoms with Gasteiger partial charge in [0.05, 0.1) is 18.8 Å². The van der Waals surface area contributed by atoms with Crippen molar-refractivity contribution in [3.05, 3.63) is 79.3 Å². The molecule has 1 fully saturated rings. The van der Waals surface area contributed by atoms with Crippen molar-refractivity contribution in [3.63, 3.8) is 0 Å². The molecule has 0 saturated carbocycles. The first-order valence-electron chi connectivity index (χ1n) is 10.5. The van der Waals surface area contributed by atoms with Crippen LogP contribution in [0.3, 0.4) is 0 Å². The van der Waals surface area contributed by atoms with Crippen LogP contribution in [0.4, 0.5) is 28.8 Å². The highest BCUT2D eigenvalue weighted by atomic mass is 16.5. The molecule has 8 heteroatoms. The van der Waals surface area contributed by atoms with Gasteiger partial charge in [-0.05, 0) is 48.5 Å². The highest BCUT2D eigenvalue weighted by Crippen LogP contribution is 2.27. The molecule has 2 N–H and O–H groups in total. The van der Waals surface area contributed by atoms with Gasteiger partial charge < -0.3 is 20.3 Å². The lowest BCUT2D eigenvalue weighted by molar-refractivity contribution is 0.122. The molecule has 2 aromatic heterocycles. The number of nitrogens with zero attached hydrogens (tertiary/aromatic N) is 5. The molecule has 0 atom stereocenters. The molecule has 0 spiro atoms. The van der Waals surface area contributed by atoms with E-state index >= 15 is 0 Å². The van der Waals surface area contributed by atoms with Crippen LogP contribution in [-0.4, -0.2) is 46.2 Å². The third-order valence-corrected chi connectivity index (χ3v) is 5.16. The summed E-state index contributed by atoms with van der Waals surface area (Å²) in [6.07, 6.45) is 3.25. The Kier molecular flexibility index (Phi) is 5.85. The Hall–Kier alpha value is -4.04. The molecule has 0 bridgehead atoms. The van der Waals surface area contributed by atoms with Crippen molar-refractivity contribution in [1.29, 1.82) is 0 Å². The summed E-state index contributed by atoms with van der Waals surface area (Å²) in [4.78, 5) is 20.1. The second kappa shape index (κ2) is 9.40. The lowest BCUT2D eigenvalue weighted by atomic mass is 10.2. The number of benzene rings is 2. The van der Waals surface area contributed by atoms with E-state index in [0.717, 1.165) is 43.2 Å². The fourth-order valence-electron chi connectivity index (χ4n) is 3.54. The zero-order valence-corrected chi connectivity index (χ0v) is 17.5. The summed E-state index contributed by atoms with van der Waals surface area (Å²) in [5.74, 6) is 1.70. The maximum absolute atomic E-state index is 5.43. The van der Waals surface area contributed by atoms with Gasteiger partial charge in [0.25, 0.3) is 0 Å². The van der Waals surface area contributed by atoms with Gasteiger partial charge in [0.2, 0.25) is 5.95 Å². The second-order valence-corrected chi connectivity index (χ2v) is 7.29. The first kappa shape index (κ1) is 19.9. The van der Waals surface area contributed by atoms with Gasteiger partial charge in [0, 0.05) is 36.3 Å². The zero-order valence-electron chi connectivity index (χ0n) is 17.5. The van der Waals surface area contributed by atoms with Crippen LogP contribution in [0.2, 0.25) is 0 Å². The Bertz CT molecular complexity index is 1160. The Balaban J connectivity index is 1.34. The number of nitrogens with one attached hydrogen (secondary N) is 2. The molecule has 8 nitrogen and oxygen atoms in total. The van der Waals surface area contributed by atoms with Gasteiger partial charge in [-0.15, -0.1) is 0 Å². The van der Waals surface area contributed by atoms with Crippen molar-refractivity contribution in [3.8, 4) is 11.4 Å². The maximum Gasteiger partial charge on any atom is 0.230 e. The first-order chi connectivity index (χ1) is 15.8. The summed E-state index contributed by atoms with van der Waals surface area (Å²) in [7, 11) is 0. The number of pyridine rings is 1. The molecule has 1 aliphatic rings. The minimum atomic E-state index is 0.476. The van der Waals surface area contributed by atoms with Crippen LogP contribution in [0.5, 0.6) is 0 Å². The molecule has 0 aliphatic carbocycles. The highest BCUT2D eigenvalue weighted by molar-refractivity contribution is 5.74. The molecule has 1 saturated heterocycles. The standard InChI is InChI=1S/C24H23N7O/c1-2-5-18(6-3-1)28-22-21(7-4-12-25-22)23-26-17-27-24(30-23)29-19-8-10-20(11-9-19)31-13-15-32-16-14-31/h1-12,17H,13-16H2,(H,25,28)(H,26,27,29,30). The monoisotopic (exact) mass is 425 g/mol. The van der Waals surface area contributed by atoms with E-state index in [1.54, 1.807) is 6.20 Å². The van der Waals surface area contributed by atoms with Gasteiger partial charge in [-0.2, -0.15) is 4.98 Å². The summed E-state index contributed by atoms with van der Waals surface area (Å²) < 4.78 is 5.43. The van der Waals surface area contributed by atoms with Crippen LogP contribution in [-0.2, 0) is 4.74 Å². The highest BCUT2D eigenvalue weighted by Gasteiger charge is 2.12. The minimum absolute atomic E-state index is 0.476. The lowest BCUT2D eigenvalue weighted by Gasteiger charge is -2.28. The van der Waals surface area contributed by atoms with Crippen molar-refractivity contribution in [2.24, 2.45) is 0 Å². The molecule has 32 heavy (non-hydrogen) atoms. The average molecular weight is 425 g/mol. The van der Waals surface area contributed by atoms with Gasteiger partial charge in [-0.25, -0.2) is 15.0 Å². The summed E-state index contributed by atoms with van der Waals surface area (Å²) in [6.45, 7) is 3.36. The average Bonchev–Trinajstić information content (AvgIpc) is 2.86. The van der Waals surface area contributed by atoms with Crippen LogP contribution in [0, 0.1) is 0 Å². The van der Waals surface area contributed by atoms with Gasteiger partial charge in [-0.1, -0.05) is 18.2 Å². The Morgan fingerprint density at radius 2 is 1.53 bits per heavy atom. The topological polar surface area (TPSA) is 88.1 Å². The SMILES string of the molecule is c1ccc(Nc2ncccc2-c2ncnc(Nc3ccc(N4CCOCC4)cc3)n2)cc1. The lowest BCUT2D eigenvalue weighted by Crippen LogP contribution is -2.36. The predicted octanol–water partition coefficient (Wildman–Crippen LogP) is 4.26. The molecule has 2 aromatic carbocycles. The van der Waals surface area contributed by atoms with E-state index in [4.69, 9.17) is 4.74 Å². The van der Waals surface area contributed by atoms with E-state index < -0.39 is 0 Å². The van der Waals surface area contributed by atoms with Crippen LogP contribution in [0.25, 0.3) is 11.4 Å². The van der Waals surface area contributed by atoms with Crippen LogP contribution in [0.1, 0.15) is 0 Å². The smallest absolute Gasteiger partial charge is 0.230 e. The van der Waals surface area contributed by atoms with Gasteiger partial charge >= 0.3 is 0 Å². The van der Waals surface area contributed by atoms with Gasteiger partial charge in [-0.3, -0.25) is 0 Å². The molecule has 3 heterocycles. The largest absolute Gasteiger partial charge is 0.378 e. The third-order valence-electron chi connectivity index (χ3n) is 5.16. The number of aromatic nitrogens is 4. The molecular formula is C24H23N7O. The number of morpholine rings is 1. The van der Waals surface area contributed by atoms with Crippen molar-refractivity contribution in [2.75, 3.05) is 41.8 Å². The molecule has 1 aliphatic heterocycles. The van der Waals surface area contributed by atoms with Crippen molar-refractivity contribution < 1.29 is 4.74 Å². The van der Waals surface area contributed by atoms with Crippen LogP contribution in [0.15, 0.2) is 79.3 Å². The number of rotatable bonds is 6. The predicted molar refractivity (Wildman–Crippen MR) is 126 cm³/mol. The molecule has 0 radical (unpaired) electrons. The number of hydrogen-bond acceptors (Lipinski definition) is 8. The summed E-state index contributed by atoms with van der Waals surface area (Å²) >= 11 is 0. The van der Waals surface area contributed by atoms with E-state index in [1.165, 1.54) is 12.0 Å². The molecule has 160 valence electrons. The molecule has 0 unspecified atom stereocenters. The van der Waals surface area contributed by atoms with E-state index in [-0.39, 0.29) is 0 Å². The maximum atomic E-state index is 5.43. The van der Waals surface area contributed by atoms with E-state index in [1.807, 2.05) is 54.6 Å². The summed E-state index contributed by atoms with van der Waals surface area (Å²) in [5.41, 5.74) is 3.83. The van der Waals surface area contributed by atoms with Crippen molar-refractivity contribution >= 4 is 28.8 Å². The molecule has 0 amide bonds. The van der Waals surface area contributed by atoms with E-state index in [0.29, 0.717) is 17.6 Å². The Labute approximate surface area is 186 Å². The molecular weight excluding hydrogens is 402 g/mol. The van der Waals surface area contributed by atoms with Crippen molar-refractivity contribution in [2.45, 2.75) is 0 Å². The van der Waals surface area contributed by atoms with Crippen LogP contribution < -0.4 is 15.5 Å². The summed E-state index contributed by atoms with van der Waals surface area (Å²) in [5, 5.41) is 6.60. The van der Waals surface area contributed by atoms with E-state index in [9.17, 15) is 0 Å². The molecule has 5 rings (SSSR count). The third kappa shape index (κ3) is 4.65. The number of ether oxygens (including phenoxy) is 1. The Morgan fingerprint density at radius 1 is 0.750 bits per heavy atom. The van der Waals surface area contributed by atoms with Gasteiger partial charge in [0.1, 0.15) is 12.1 Å². The zero-order chi connectivity index (χ0) is 21.6. The number of anilines is 5. The number of para-hydroxylation sites is 1. The van der Waals surface area contributed by atoms with E-state index in [2.05, 4.69) is 47.6 Å². The summed E-state index contributed by atoms with van der Waals surface area (Å²) in [6, 6.07) is 21.9. The first-order valence-corrected chi connectivity index (χ1v) is 10.5. The minimum Gasteiger partial charge on any atom is -0.378 e. The number of hydrogen-bond donors (Lipinski definition) is 2. The van der Waals surface area contributed by atoms with Gasteiger partial charge in [0.15, 0.2) is 5.82 Å². The fraction of sp³-hybridized carbons (Fsp3) is 0.167. The van der Waals surface area contributed by atoms with Crippen molar-refractivity contribution in [1.82, 2.24) is 19.9 Å².